The highest BCUT2D eigenvalue weighted by molar-refractivity contribution is 7.99. The van der Waals surface area contributed by atoms with Crippen molar-refractivity contribution in [2.45, 2.75) is 83.3 Å². The Morgan fingerprint density at radius 2 is 1.59 bits per heavy atom. The average Bonchev–Trinajstić information content (AvgIpc) is 3.25. The van der Waals surface area contributed by atoms with Crippen LogP contribution in [0.25, 0.3) is 0 Å². The van der Waals surface area contributed by atoms with Gasteiger partial charge in [-0.1, -0.05) is 82.3 Å². The molecule has 0 saturated carbocycles. The molecule has 0 spiro atoms. The molecule has 2 aromatic carbocycles. The fraction of sp³-hybridized carbons (Fsp3) is 0.586. The van der Waals surface area contributed by atoms with Crippen LogP contribution >= 0.6 is 11.8 Å². The van der Waals surface area contributed by atoms with Crippen molar-refractivity contribution in [2.75, 3.05) is 18.1 Å². The second-order valence-electron chi connectivity index (χ2n) is 11.1. The van der Waals surface area contributed by atoms with E-state index in [0.29, 0.717) is 11.3 Å². The summed E-state index contributed by atoms with van der Waals surface area (Å²) in [7, 11) is -1.73. The van der Waals surface area contributed by atoms with Crippen molar-refractivity contribution in [3.05, 3.63) is 71.3 Å². The number of hydrogen-bond donors (Lipinski definition) is 0. The molecule has 1 fully saturated rings. The third-order valence-electron chi connectivity index (χ3n) is 8.48. The summed E-state index contributed by atoms with van der Waals surface area (Å²) in [4.78, 5) is 0. The molecule has 1 atom stereocenters. The van der Waals surface area contributed by atoms with Gasteiger partial charge in [0, 0.05) is 17.8 Å². The lowest BCUT2D eigenvalue weighted by atomic mass is 9.76. The molecule has 0 amide bonds. The second kappa shape index (κ2) is 10.9. The normalized spacial score (nSPS) is 19.6. The number of aryl methyl sites for hydroxylation is 1. The number of hydrogen-bond acceptors (Lipinski definition) is 2. The van der Waals surface area contributed by atoms with E-state index in [1.165, 1.54) is 48.3 Å². The third-order valence-corrected chi connectivity index (χ3v) is 14.3. The second-order valence-corrected chi connectivity index (χ2v) is 16.8. The number of thioether (sulfide) groups is 1. The summed E-state index contributed by atoms with van der Waals surface area (Å²) >= 11 is 2.13. The highest BCUT2D eigenvalue weighted by atomic mass is 32.2. The van der Waals surface area contributed by atoms with Gasteiger partial charge in [-0.05, 0) is 78.6 Å². The summed E-state index contributed by atoms with van der Waals surface area (Å²) in [5, 5.41) is 0.284. The predicted molar refractivity (Wildman–Crippen MR) is 145 cm³/mol. The summed E-state index contributed by atoms with van der Waals surface area (Å²) in [6.07, 6.45) is 6.08. The summed E-state index contributed by atoms with van der Waals surface area (Å²) in [6.45, 7) is 15.0. The van der Waals surface area contributed by atoms with E-state index in [2.05, 4.69) is 107 Å². The highest BCUT2D eigenvalue weighted by Crippen LogP contribution is 2.45. The van der Waals surface area contributed by atoms with Crippen LogP contribution in [-0.4, -0.2) is 26.4 Å². The van der Waals surface area contributed by atoms with Gasteiger partial charge in [0.1, 0.15) is 0 Å². The van der Waals surface area contributed by atoms with Crippen molar-refractivity contribution >= 4 is 20.1 Å². The van der Waals surface area contributed by atoms with Gasteiger partial charge >= 0.3 is 0 Å². The van der Waals surface area contributed by atoms with E-state index >= 15 is 0 Å². The van der Waals surface area contributed by atoms with Crippen LogP contribution in [-0.2, 0) is 22.7 Å². The zero-order chi connectivity index (χ0) is 23.2. The molecule has 3 heteroatoms. The van der Waals surface area contributed by atoms with Gasteiger partial charge in [-0.2, -0.15) is 11.8 Å². The van der Waals surface area contributed by atoms with Crippen molar-refractivity contribution < 1.29 is 4.43 Å². The highest BCUT2D eigenvalue weighted by Gasteiger charge is 2.43. The Morgan fingerprint density at radius 3 is 2.16 bits per heavy atom. The molecule has 1 saturated heterocycles. The van der Waals surface area contributed by atoms with Gasteiger partial charge in [-0.25, -0.2) is 0 Å². The molecule has 1 aliphatic rings. The first-order valence-electron chi connectivity index (χ1n) is 12.5. The smallest absolute Gasteiger partial charge is 0.192 e. The van der Waals surface area contributed by atoms with Gasteiger partial charge in [-0.15, -0.1) is 0 Å². The molecule has 32 heavy (non-hydrogen) atoms. The first-order valence-corrected chi connectivity index (χ1v) is 16.6. The Balaban J connectivity index is 1.48. The van der Waals surface area contributed by atoms with Crippen LogP contribution in [0.1, 0.15) is 63.6 Å². The molecule has 0 bridgehead atoms. The lowest BCUT2D eigenvalue weighted by Crippen LogP contribution is -2.45. The average molecular weight is 469 g/mol. The van der Waals surface area contributed by atoms with Crippen LogP contribution in [0.5, 0.6) is 0 Å². The Hall–Kier alpha value is -1.03. The van der Waals surface area contributed by atoms with Crippen molar-refractivity contribution in [1.29, 1.82) is 0 Å². The van der Waals surface area contributed by atoms with Crippen LogP contribution in [0.15, 0.2) is 54.6 Å². The predicted octanol–water partition coefficient (Wildman–Crippen LogP) is 8.28. The van der Waals surface area contributed by atoms with E-state index in [1.807, 2.05) is 0 Å². The van der Waals surface area contributed by atoms with Gasteiger partial charge in [0.15, 0.2) is 8.32 Å². The van der Waals surface area contributed by atoms with E-state index in [0.717, 1.165) is 13.0 Å². The molecule has 0 N–H and O–H groups in total. The van der Waals surface area contributed by atoms with Gasteiger partial charge < -0.3 is 4.43 Å². The SMILES string of the molecule is CC(C)C(C)(C)[Si](C)(C)OCCc1ccc(CCCC2(c3ccccc3)CCSC2)cc1. The van der Waals surface area contributed by atoms with Gasteiger partial charge in [0.25, 0.3) is 0 Å². The van der Waals surface area contributed by atoms with Crippen molar-refractivity contribution in [3.8, 4) is 0 Å². The minimum Gasteiger partial charge on any atom is -0.416 e. The molecule has 1 aliphatic heterocycles. The maximum absolute atomic E-state index is 6.50. The molecule has 2 aromatic rings. The summed E-state index contributed by atoms with van der Waals surface area (Å²) < 4.78 is 6.50. The largest absolute Gasteiger partial charge is 0.416 e. The van der Waals surface area contributed by atoms with Crippen molar-refractivity contribution in [1.82, 2.24) is 0 Å². The summed E-state index contributed by atoms with van der Waals surface area (Å²) in [5.41, 5.74) is 4.81. The van der Waals surface area contributed by atoms with E-state index in [4.69, 9.17) is 4.43 Å². The number of benzene rings is 2. The zero-order valence-electron chi connectivity index (χ0n) is 21.2. The maximum Gasteiger partial charge on any atom is 0.192 e. The number of rotatable bonds is 11. The minimum absolute atomic E-state index is 0.284. The molecular formula is C29H44OSSi. The molecular weight excluding hydrogens is 424 g/mol. The van der Waals surface area contributed by atoms with Crippen LogP contribution in [0, 0.1) is 5.92 Å². The summed E-state index contributed by atoms with van der Waals surface area (Å²) in [5.74, 6) is 3.23. The topological polar surface area (TPSA) is 9.23 Å². The Morgan fingerprint density at radius 1 is 0.969 bits per heavy atom. The quantitative estimate of drug-likeness (QED) is 0.307. The van der Waals surface area contributed by atoms with E-state index in [9.17, 15) is 0 Å². The zero-order valence-corrected chi connectivity index (χ0v) is 23.1. The lowest BCUT2D eigenvalue weighted by molar-refractivity contribution is 0.270. The minimum atomic E-state index is -1.73. The molecule has 176 valence electrons. The van der Waals surface area contributed by atoms with E-state index in [-0.39, 0.29) is 5.04 Å². The lowest BCUT2D eigenvalue weighted by Gasteiger charge is -2.42. The summed E-state index contributed by atoms with van der Waals surface area (Å²) in [6, 6.07) is 20.6. The molecule has 0 aromatic heterocycles. The van der Waals surface area contributed by atoms with Gasteiger partial charge in [0.05, 0.1) is 0 Å². The van der Waals surface area contributed by atoms with Crippen molar-refractivity contribution in [3.63, 3.8) is 0 Å². The molecule has 1 unspecified atom stereocenters. The fourth-order valence-electron chi connectivity index (χ4n) is 4.78. The molecule has 1 heterocycles. The first kappa shape index (κ1) is 25.6. The van der Waals surface area contributed by atoms with Gasteiger partial charge in [0.2, 0.25) is 0 Å². The molecule has 3 rings (SSSR count). The molecule has 0 radical (unpaired) electrons. The van der Waals surface area contributed by atoms with Crippen molar-refractivity contribution in [2.24, 2.45) is 5.92 Å². The monoisotopic (exact) mass is 468 g/mol. The molecule has 0 aliphatic carbocycles. The van der Waals surface area contributed by atoms with Crippen LogP contribution in [0.3, 0.4) is 0 Å². The van der Waals surface area contributed by atoms with Crippen LogP contribution in [0.4, 0.5) is 0 Å². The molecule has 1 nitrogen and oxygen atoms in total. The van der Waals surface area contributed by atoms with Crippen LogP contribution < -0.4 is 0 Å². The van der Waals surface area contributed by atoms with Crippen LogP contribution in [0.2, 0.25) is 18.1 Å². The maximum atomic E-state index is 6.50. The first-order chi connectivity index (χ1) is 15.2. The standard InChI is InChI=1S/C29H44OSSi/c1-24(2)28(3,4)32(5,6)30-21-18-26-16-14-25(15-17-26)11-10-19-29(20-22-31-23-29)27-12-8-7-9-13-27/h7-9,12-17,24H,10-11,18-23H2,1-6H3. The third kappa shape index (κ3) is 6.10. The van der Waals surface area contributed by atoms with E-state index in [1.54, 1.807) is 5.56 Å². The Labute approximate surface area is 202 Å². The fourth-order valence-corrected chi connectivity index (χ4v) is 8.68. The van der Waals surface area contributed by atoms with E-state index < -0.39 is 8.32 Å². The Kier molecular flexibility index (Phi) is 8.74. The Bertz CT molecular complexity index is 820. The van der Waals surface area contributed by atoms with Gasteiger partial charge in [-0.3, -0.25) is 0 Å².